The van der Waals surface area contributed by atoms with Gasteiger partial charge in [0, 0.05) is 68.2 Å². The molecule has 5 aromatic rings. The molecule has 13 nitrogen and oxygen atoms in total. The zero-order valence-electron chi connectivity index (χ0n) is 31.3. The number of nitrogens with two attached hydrogens (primary N) is 1. The Bertz CT molecular complexity index is 2350. The van der Waals surface area contributed by atoms with Gasteiger partial charge in [0.05, 0.1) is 30.1 Å². The van der Waals surface area contributed by atoms with Crippen molar-refractivity contribution in [1.29, 1.82) is 0 Å². The van der Waals surface area contributed by atoms with Crippen LogP contribution in [0.15, 0.2) is 67.0 Å². The Labute approximate surface area is 329 Å². The van der Waals surface area contributed by atoms with Crippen molar-refractivity contribution in [3.05, 3.63) is 94.4 Å². The van der Waals surface area contributed by atoms with Gasteiger partial charge in [0.2, 0.25) is 11.8 Å². The van der Waals surface area contributed by atoms with Gasteiger partial charge in [-0.1, -0.05) is 29.8 Å². The lowest BCUT2D eigenvalue weighted by Crippen LogP contribution is -2.57. The second-order valence-corrected chi connectivity index (χ2v) is 16.2. The number of imide groups is 1. The van der Waals surface area contributed by atoms with E-state index in [1.54, 1.807) is 6.07 Å². The number of anilines is 3. The number of piperidine rings is 1. The van der Waals surface area contributed by atoms with Crippen LogP contribution >= 0.6 is 11.6 Å². The number of primary amides is 1. The Morgan fingerprint density at radius 1 is 1.04 bits per heavy atom. The van der Waals surface area contributed by atoms with Crippen LogP contribution in [-0.2, 0) is 22.6 Å². The predicted molar refractivity (Wildman–Crippen MR) is 213 cm³/mol. The number of benzene rings is 2. The highest BCUT2D eigenvalue weighted by Crippen LogP contribution is 2.46. The number of fused-ring (bicyclic) bond motifs is 2. The summed E-state index contributed by atoms with van der Waals surface area (Å²) in [5, 5.41) is 10.9. The van der Waals surface area contributed by atoms with Gasteiger partial charge in [-0.25, -0.2) is 9.50 Å². The van der Waals surface area contributed by atoms with Gasteiger partial charge in [0.1, 0.15) is 11.4 Å². The first kappa shape index (κ1) is 36.1. The summed E-state index contributed by atoms with van der Waals surface area (Å²) in [7, 11) is 1.82. The maximum Gasteiger partial charge on any atom is 0.269 e. The number of aromatic nitrogens is 4. The van der Waals surface area contributed by atoms with Gasteiger partial charge in [-0.2, -0.15) is 0 Å². The molecule has 3 fully saturated rings. The Morgan fingerprint density at radius 3 is 2.62 bits per heavy atom. The molecular formula is C42H44ClN9O4. The molecule has 6 heterocycles. The van der Waals surface area contributed by atoms with Crippen LogP contribution in [0, 0.1) is 11.3 Å². The molecule has 1 atom stereocenters. The molecule has 9 rings (SSSR count). The lowest BCUT2D eigenvalue weighted by molar-refractivity contribution is -0.134. The molecule has 2 saturated heterocycles. The first-order valence-corrected chi connectivity index (χ1v) is 19.7. The van der Waals surface area contributed by atoms with Crippen LogP contribution in [0.2, 0.25) is 5.02 Å². The van der Waals surface area contributed by atoms with Crippen LogP contribution in [-0.4, -0.2) is 75.5 Å². The summed E-state index contributed by atoms with van der Waals surface area (Å²) in [5.74, 6) is 0.362. The van der Waals surface area contributed by atoms with Crippen molar-refractivity contribution in [2.75, 3.05) is 43.5 Å². The average molecular weight is 774 g/mol. The summed E-state index contributed by atoms with van der Waals surface area (Å²) < 4.78 is 7.75. The van der Waals surface area contributed by atoms with E-state index in [0.29, 0.717) is 53.0 Å². The molecule has 0 bridgehead atoms. The molecule has 14 heteroatoms. The fourth-order valence-corrected chi connectivity index (χ4v) is 9.41. The van der Waals surface area contributed by atoms with Gasteiger partial charge in [-0.15, -0.1) is 5.10 Å². The second-order valence-electron chi connectivity index (χ2n) is 15.8. The minimum Gasteiger partial charge on any atom is -0.493 e. The fraction of sp³-hybridized carbons (Fsp3) is 0.381. The van der Waals surface area contributed by atoms with E-state index in [0.717, 1.165) is 73.6 Å². The van der Waals surface area contributed by atoms with Crippen LogP contribution in [0.3, 0.4) is 0 Å². The third-order valence-corrected chi connectivity index (χ3v) is 12.5. The van der Waals surface area contributed by atoms with Crippen molar-refractivity contribution in [3.63, 3.8) is 0 Å². The van der Waals surface area contributed by atoms with Crippen LogP contribution in [0.25, 0.3) is 16.9 Å². The summed E-state index contributed by atoms with van der Waals surface area (Å²) in [6.45, 7) is 4.48. The molecule has 1 unspecified atom stereocenters. The number of amides is 3. The molecule has 2 aromatic carbocycles. The Kier molecular flexibility index (Phi) is 9.37. The molecular weight excluding hydrogens is 730 g/mol. The third-order valence-electron chi connectivity index (χ3n) is 12.1. The van der Waals surface area contributed by atoms with Gasteiger partial charge >= 0.3 is 0 Å². The Balaban J connectivity index is 0.788. The molecule has 3 amide bonds. The van der Waals surface area contributed by atoms with Crippen molar-refractivity contribution >= 4 is 52.2 Å². The third kappa shape index (κ3) is 6.72. The SMILES string of the molecule is CNc1cc(N2CCc3c(-c4ccc(CN5CC6(CCC(COc7ccc(Cl)c(C8CCC(=O)NC8=O)c7)CC6)C5)cn4)cccc32)nn2c(C(N)=O)cnc12. The monoisotopic (exact) mass is 773 g/mol. The molecule has 1 saturated carbocycles. The molecule has 1 aliphatic carbocycles. The molecule has 288 valence electrons. The van der Waals surface area contributed by atoms with Crippen molar-refractivity contribution in [2.45, 2.75) is 57.4 Å². The summed E-state index contributed by atoms with van der Waals surface area (Å²) in [5.41, 5.74) is 13.8. The van der Waals surface area contributed by atoms with Crippen molar-refractivity contribution in [3.8, 4) is 17.0 Å². The lowest BCUT2D eigenvalue weighted by atomic mass is 9.66. The van der Waals surface area contributed by atoms with Crippen LogP contribution in [0.5, 0.6) is 5.75 Å². The highest BCUT2D eigenvalue weighted by Gasteiger charge is 2.45. The smallest absolute Gasteiger partial charge is 0.269 e. The van der Waals surface area contributed by atoms with E-state index in [-0.39, 0.29) is 17.5 Å². The number of halogens is 1. The number of hydrogen-bond acceptors (Lipinski definition) is 10. The maximum absolute atomic E-state index is 12.4. The number of nitrogens with zero attached hydrogens (tertiary/aromatic N) is 6. The van der Waals surface area contributed by atoms with Crippen LogP contribution < -0.4 is 26.0 Å². The largest absolute Gasteiger partial charge is 0.493 e. The zero-order valence-corrected chi connectivity index (χ0v) is 32.0. The summed E-state index contributed by atoms with van der Waals surface area (Å²) in [4.78, 5) is 50.1. The molecule has 3 aliphatic heterocycles. The highest BCUT2D eigenvalue weighted by molar-refractivity contribution is 6.31. The lowest BCUT2D eigenvalue weighted by Gasteiger charge is -2.53. The van der Waals surface area contributed by atoms with E-state index >= 15 is 0 Å². The van der Waals surface area contributed by atoms with Crippen molar-refractivity contribution in [2.24, 2.45) is 17.1 Å². The Hall–Kier alpha value is -5.53. The van der Waals surface area contributed by atoms with Crippen LogP contribution in [0.4, 0.5) is 17.2 Å². The molecule has 56 heavy (non-hydrogen) atoms. The first-order valence-electron chi connectivity index (χ1n) is 19.4. The van der Waals surface area contributed by atoms with Gasteiger partial charge in [-0.05, 0) is 96.9 Å². The topological polar surface area (TPSA) is 160 Å². The standard InChI is InChI=1S/C42H44ClN9O4/c1-45-34-18-37(49-52-36(39(44)54)20-47-40(34)52)51-16-13-29-28(3-2-4-35(29)51)33-9-5-26(19-46-33)21-50-23-42(24-50)14-11-25(12-15-42)22-56-27-6-8-32(43)31(17-27)30-7-10-38(53)48-41(30)55/h2-6,8-9,17-20,25,30,45H,7,10-16,21-24H2,1H3,(H2,44,54)(H,48,53,55). The van der Waals surface area contributed by atoms with E-state index in [2.05, 4.69) is 55.7 Å². The number of rotatable bonds is 10. The fourth-order valence-electron chi connectivity index (χ4n) is 9.16. The minimum atomic E-state index is -0.581. The zero-order chi connectivity index (χ0) is 38.6. The quantitative estimate of drug-likeness (QED) is 0.147. The molecule has 4 aliphatic rings. The van der Waals surface area contributed by atoms with E-state index in [1.807, 2.05) is 31.4 Å². The normalized spacial score (nSPS) is 19.5. The van der Waals surface area contributed by atoms with Crippen LogP contribution in [0.1, 0.15) is 71.6 Å². The number of imidazole rings is 1. The maximum atomic E-state index is 12.4. The molecule has 1 spiro atoms. The number of pyridine rings is 1. The second kappa shape index (κ2) is 14.5. The first-order chi connectivity index (χ1) is 27.2. The minimum absolute atomic E-state index is 0.235. The average Bonchev–Trinajstić information content (AvgIpc) is 3.83. The number of carbonyl (C=O) groups is 3. The van der Waals surface area contributed by atoms with E-state index in [1.165, 1.54) is 34.7 Å². The predicted octanol–water partition coefficient (Wildman–Crippen LogP) is 5.87. The summed E-state index contributed by atoms with van der Waals surface area (Å²) in [6, 6.07) is 18.1. The van der Waals surface area contributed by atoms with Gasteiger partial charge in [0.25, 0.3) is 5.91 Å². The van der Waals surface area contributed by atoms with Crippen molar-refractivity contribution in [1.82, 2.24) is 29.8 Å². The van der Waals surface area contributed by atoms with Gasteiger partial charge in [0.15, 0.2) is 11.5 Å². The number of hydrogen-bond donors (Lipinski definition) is 3. The van der Waals surface area contributed by atoms with E-state index in [4.69, 9.17) is 32.2 Å². The number of ether oxygens (including phenoxy) is 1. The molecule has 3 aromatic heterocycles. The van der Waals surface area contributed by atoms with Gasteiger partial charge < -0.3 is 20.7 Å². The number of nitrogens with one attached hydrogen (secondary N) is 2. The number of likely N-dealkylation sites (tertiary alicyclic amines) is 1. The van der Waals surface area contributed by atoms with Gasteiger partial charge in [-0.3, -0.25) is 29.6 Å². The van der Waals surface area contributed by atoms with E-state index < -0.39 is 11.8 Å². The summed E-state index contributed by atoms with van der Waals surface area (Å²) >= 11 is 6.45. The number of carbonyl (C=O) groups excluding carboxylic acids is 3. The molecule has 4 N–H and O–H groups in total. The van der Waals surface area contributed by atoms with E-state index in [9.17, 15) is 14.4 Å². The Morgan fingerprint density at radius 2 is 1.88 bits per heavy atom. The summed E-state index contributed by atoms with van der Waals surface area (Å²) in [6.07, 6.45) is 9.74. The molecule has 0 radical (unpaired) electrons. The highest BCUT2D eigenvalue weighted by atomic mass is 35.5. The van der Waals surface area contributed by atoms with Crippen molar-refractivity contribution < 1.29 is 19.1 Å².